The molecule has 0 aromatic heterocycles. The molecule has 1 heterocycles. The molecule has 1 amide bonds. The van der Waals surface area contributed by atoms with Gasteiger partial charge in [-0.05, 0) is 62.2 Å². The maximum Gasteiger partial charge on any atom is 0.254 e. The second kappa shape index (κ2) is 7.19. The van der Waals surface area contributed by atoms with Gasteiger partial charge in [-0.15, -0.1) is 0 Å². The molecule has 0 spiro atoms. The van der Waals surface area contributed by atoms with Gasteiger partial charge in [0, 0.05) is 24.2 Å². The lowest BCUT2D eigenvalue weighted by molar-refractivity contribution is 0.0743. The number of benzene rings is 2. The van der Waals surface area contributed by atoms with Gasteiger partial charge >= 0.3 is 0 Å². The second-order valence-electron chi connectivity index (χ2n) is 6.35. The van der Waals surface area contributed by atoms with Gasteiger partial charge in [-0.3, -0.25) is 4.79 Å². The Morgan fingerprint density at radius 3 is 2.56 bits per heavy atom. The van der Waals surface area contributed by atoms with Crippen LogP contribution in [0.1, 0.15) is 23.7 Å². The van der Waals surface area contributed by atoms with Gasteiger partial charge < -0.3 is 15.4 Å². The number of rotatable bonds is 4. The van der Waals surface area contributed by atoms with Crippen molar-refractivity contribution in [3.05, 3.63) is 59.7 Å². The molecule has 0 aliphatic carbocycles. The van der Waals surface area contributed by atoms with E-state index in [0.29, 0.717) is 30.3 Å². The Morgan fingerprint density at radius 1 is 1.24 bits per heavy atom. The Labute approximate surface area is 145 Å². The number of nitrogens with zero attached hydrogens (tertiary/aromatic N) is 1. The summed E-state index contributed by atoms with van der Waals surface area (Å²) in [6.07, 6.45) is 0.910. The molecule has 6 heteroatoms. The summed E-state index contributed by atoms with van der Waals surface area (Å²) in [6.45, 7) is 3.25. The summed E-state index contributed by atoms with van der Waals surface area (Å²) in [5.74, 6) is -0.859. The van der Waals surface area contributed by atoms with Crippen molar-refractivity contribution in [2.75, 3.05) is 13.1 Å². The summed E-state index contributed by atoms with van der Waals surface area (Å²) in [6, 6.07) is 9.74. The molecule has 1 aliphatic rings. The van der Waals surface area contributed by atoms with Crippen molar-refractivity contribution in [2.24, 2.45) is 11.7 Å². The first-order valence-corrected chi connectivity index (χ1v) is 8.22. The zero-order valence-electron chi connectivity index (χ0n) is 13.9. The van der Waals surface area contributed by atoms with Crippen LogP contribution in [0.3, 0.4) is 0 Å². The van der Waals surface area contributed by atoms with Crippen molar-refractivity contribution in [3.63, 3.8) is 0 Å². The van der Waals surface area contributed by atoms with E-state index in [1.54, 1.807) is 24.3 Å². The molecule has 2 unspecified atom stereocenters. The summed E-state index contributed by atoms with van der Waals surface area (Å²) in [5.41, 5.74) is 6.24. The largest absolute Gasteiger partial charge is 0.454 e. The van der Waals surface area contributed by atoms with Crippen LogP contribution >= 0.6 is 0 Å². The Kier molecular flexibility index (Phi) is 4.99. The Balaban J connectivity index is 1.70. The highest BCUT2D eigenvalue weighted by Gasteiger charge is 2.32. The topological polar surface area (TPSA) is 55.6 Å². The average molecular weight is 346 g/mol. The number of likely N-dealkylation sites (tertiary alicyclic amines) is 1. The highest BCUT2D eigenvalue weighted by molar-refractivity contribution is 5.94. The van der Waals surface area contributed by atoms with E-state index in [2.05, 4.69) is 0 Å². The van der Waals surface area contributed by atoms with Gasteiger partial charge in [-0.1, -0.05) is 0 Å². The van der Waals surface area contributed by atoms with Gasteiger partial charge in [0.1, 0.15) is 11.6 Å². The van der Waals surface area contributed by atoms with Crippen molar-refractivity contribution >= 4 is 5.91 Å². The summed E-state index contributed by atoms with van der Waals surface area (Å²) in [4.78, 5) is 14.4. The van der Waals surface area contributed by atoms with E-state index >= 15 is 0 Å². The van der Waals surface area contributed by atoms with E-state index in [1.165, 1.54) is 6.07 Å². The van der Waals surface area contributed by atoms with Gasteiger partial charge in [-0.25, -0.2) is 8.78 Å². The predicted octanol–water partition coefficient (Wildman–Crippen LogP) is 3.57. The van der Waals surface area contributed by atoms with Crippen LogP contribution in [0, 0.1) is 17.6 Å². The molecular weight excluding hydrogens is 326 g/mol. The average Bonchev–Trinajstić information content (AvgIpc) is 2.98. The number of amides is 1. The van der Waals surface area contributed by atoms with E-state index < -0.39 is 11.6 Å². The summed E-state index contributed by atoms with van der Waals surface area (Å²) >= 11 is 0. The van der Waals surface area contributed by atoms with Gasteiger partial charge in [0.2, 0.25) is 0 Å². The number of carbonyl (C=O) groups excluding carboxylic acids is 1. The molecule has 4 nitrogen and oxygen atoms in total. The third-order valence-corrected chi connectivity index (χ3v) is 4.48. The molecule has 2 atom stereocenters. The standard InChI is InChI=1S/C19H20F2N2O2/c1-12-8-13(10-22)11-23(12)19(24)14-2-5-16(6-3-14)25-18-7-4-15(20)9-17(18)21/h2-7,9,12-13H,8,10-11,22H2,1H3. The van der Waals surface area contributed by atoms with E-state index in [0.717, 1.165) is 18.6 Å². The summed E-state index contributed by atoms with van der Waals surface area (Å²) in [5, 5.41) is 0. The lowest BCUT2D eigenvalue weighted by Gasteiger charge is -2.21. The van der Waals surface area contributed by atoms with Crippen molar-refractivity contribution in [2.45, 2.75) is 19.4 Å². The van der Waals surface area contributed by atoms with Crippen molar-refractivity contribution in [1.82, 2.24) is 4.90 Å². The first kappa shape index (κ1) is 17.4. The Morgan fingerprint density at radius 2 is 1.96 bits per heavy atom. The molecule has 2 N–H and O–H groups in total. The molecule has 1 fully saturated rings. The molecule has 0 bridgehead atoms. The minimum atomic E-state index is -0.779. The van der Waals surface area contributed by atoms with Gasteiger partial charge in [0.25, 0.3) is 5.91 Å². The fourth-order valence-electron chi connectivity index (χ4n) is 3.11. The van der Waals surface area contributed by atoms with Crippen LogP contribution in [0.15, 0.2) is 42.5 Å². The first-order chi connectivity index (χ1) is 12.0. The highest BCUT2D eigenvalue weighted by Crippen LogP contribution is 2.27. The number of hydrogen-bond donors (Lipinski definition) is 1. The normalized spacial score (nSPS) is 19.9. The smallest absolute Gasteiger partial charge is 0.254 e. The van der Waals surface area contributed by atoms with Crippen LogP contribution in [-0.2, 0) is 0 Å². The maximum atomic E-state index is 13.6. The summed E-state index contributed by atoms with van der Waals surface area (Å²) in [7, 11) is 0. The Hall–Kier alpha value is -2.47. The Bertz CT molecular complexity index is 765. The number of hydrogen-bond acceptors (Lipinski definition) is 3. The number of ether oxygens (including phenoxy) is 1. The van der Waals surface area contributed by atoms with Gasteiger partial charge in [0.05, 0.1) is 0 Å². The van der Waals surface area contributed by atoms with Crippen LogP contribution in [0.2, 0.25) is 0 Å². The third kappa shape index (κ3) is 3.79. The van der Waals surface area contributed by atoms with Crippen molar-refractivity contribution in [1.29, 1.82) is 0 Å². The lowest BCUT2D eigenvalue weighted by Crippen LogP contribution is -2.34. The third-order valence-electron chi connectivity index (χ3n) is 4.48. The monoisotopic (exact) mass is 346 g/mol. The number of nitrogens with two attached hydrogens (primary N) is 1. The fraction of sp³-hybridized carbons (Fsp3) is 0.316. The zero-order valence-corrected chi connectivity index (χ0v) is 13.9. The molecule has 25 heavy (non-hydrogen) atoms. The molecule has 0 saturated carbocycles. The van der Waals surface area contributed by atoms with Crippen LogP contribution in [0.25, 0.3) is 0 Å². The highest BCUT2D eigenvalue weighted by atomic mass is 19.1. The van der Waals surface area contributed by atoms with Crippen LogP contribution in [0.5, 0.6) is 11.5 Å². The second-order valence-corrected chi connectivity index (χ2v) is 6.35. The fourth-order valence-corrected chi connectivity index (χ4v) is 3.11. The molecule has 1 aliphatic heterocycles. The predicted molar refractivity (Wildman–Crippen MR) is 90.5 cm³/mol. The zero-order chi connectivity index (χ0) is 18.0. The van der Waals surface area contributed by atoms with Crippen LogP contribution < -0.4 is 10.5 Å². The first-order valence-electron chi connectivity index (χ1n) is 8.22. The maximum absolute atomic E-state index is 13.6. The molecule has 2 aromatic rings. The lowest BCUT2D eigenvalue weighted by atomic mass is 10.1. The van der Waals surface area contributed by atoms with Gasteiger partial charge in [0.15, 0.2) is 11.6 Å². The minimum Gasteiger partial charge on any atom is -0.454 e. The molecule has 2 aromatic carbocycles. The van der Waals surface area contributed by atoms with Crippen LogP contribution in [0.4, 0.5) is 8.78 Å². The van der Waals surface area contributed by atoms with Crippen molar-refractivity contribution in [3.8, 4) is 11.5 Å². The van der Waals surface area contributed by atoms with E-state index in [1.807, 2.05) is 11.8 Å². The number of carbonyl (C=O) groups is 1. The minimum absolute atomic E-state index is 0.0528. The SMILES string of the molecule is CC1CC(CN)CN1C(=O)c1ccc(Oc2ccc(F)cc2F)cc1. The van der Waals surface area contributed by atoms with E-state index in [4.69, 9.17) is 10.5 Å². The number of halogens is 2. The molecule has 0 radical (unpaired) electrons. The quantitative estimate of drug-likeness (QED) is 0.921. The van der Waals surface area contributed by atoms with E-state index in [9.17, 15) is 13.6 Å². The van der Waals surface area contributed by atoms with Crippen LogP contribution in [-0.4, -0.2) is 29.9 Å². The molecule has 1 saturated heterocycles. The molecular formula is C19H20F2N2O2. The van der Waals surface area contributed by atoms with Crippen molar-refractivity contribution < 1.29 is 18.3 Å². The van der Waals surface area contributed by atoms with Gasteiger partial charge in [-0.2, -0.15) is 0 Å². The molecule has 3 rings (SSSR count). The summed E-state index contributed by atoms with van der Waals surface area (Å²) < 4.78 is 31.9. The molecule has 132 valence electrons. The van der Waals surface area contributed by atoms with E-state index in [-0.39, 0.29) is 17.7 Å².